The van der Waals surface area contributed by atoms with E-state index in [1.165, 1.54) is 12.4 Å². The summed E-state index contributed by atoms with van der Waals surface area (Å²) in [5.74, 6) is 0.172. The highest BCUT2D eigenvalue weighted by Crippen LogP contribution is 2.22. The summed E-state index contributed by atoms with van der Waals surface area (Å²) in [6.45, 7) is 5.13. The van der Waals surface area contributed by atoms with Gasteiger partial charge in [0.05, 0.1) is 18.5 Å². The molecule has 2 heterocycles. The molecule has 1 aliphatic rings. The number of ether oxygens (including phenoxy) is 1. The van der Waals surface area contributed by atoms with Crippen LogP contribution in [-0.2, 0) is 4.74 Å². The quantitative estimate of drug-likeness (QED) is 0.859. The Morgan fingerprint density at radius 2 is 2.30 bits per heavy atom. The summed E-state index contributed by atoms with van der Waals surface area (Å²) in [5, 5.41) is 12.1. The molecule has 0 aliphatic carbocycles. The summed E-state index contributed by atoms with van der Waals surface area (Å²) in [5.41, 5.74) is -0.0415. The predicted molar refractivity (Wildman–Crippen MR) is 74.8 cm³/mol. The first kappa shape index (κ1) is 14.7. The predicted octanol–water partition coefficient (Wildman–Crippen LogP) is 2.18. The summed E-state index contributed by atoms with van der Waals surface area (Å²) < 4.78 is 5.75. The van der Waals surface area contributed by atoms with E-state index in [1.54, 1.807) is 0 Å². The Labute approximate surface area is 118 Å². The molecule has 2 unspecified atom stereocenters. The lowest BCUT2D eigenvalue weighted by Crippen LogP contribution is -2.35. The number of carboxylic acids is 1. The second kappa shape index (κ2) is 6.65. The molecule has 0 amide bonds. The lowest BCUT2D eigenvalue weighted by molar-refractivity contribution is -0.000584. The van der Waals surface area contributed by atoms with Crippen molar-refractivity contribution < 1.29 is 14.6 Å². The molecule has 1 aromatic heterocycles. The molecule has 1 aromatic rings. The van der Waals surface area contributed by atoms with Gasteiger partial charge >= 0.3 is 5.97 Å². The second-order valence-corrected chi connectivity index (χ2v) is 5.58. The third kappa shape index (κ3) is 4.16. The van der Waals surface area contributed by atoms with Gasteiger partial charge in [0.15, 0.2) is 5.69 Å². The molecule has 0 spiro atoms. The second-order valence-electron chi connectivity index (χ2n) is 5.58. The highest BCUT2D eigenvalue weighted by molar-refractivity contribution is 5.84. The van der Waals surface area contributed by atoms with Crippen molar-refractivity contribution in [2.24, 2.45) is 5.92 Å². The molecule has 110 valence electrons. The van der Waals surface area contributed by atoms with Crippen LogP contribution in [0.5, 0.6) is 0 Å². The van der Waals surface area contributed by atoms with E-state index in [0.29, 0.717) is 17.8 Å². The van der Waals surface area contributed by atoms with Crippen LogP contribution in [0.1, 0.15) is 43.6 Å². The summed E-state index contributed by atoms with van der Waals surface area (Å²) >= 11 is 0. The molecule has 6 nitrogen and oxygen atoms in total. The van der Waals surface area contributed by atoms with E-state index in [0.717, 1.165) is 25.9 Å². The molecule has 1 saturated heterocycles. The van der Waals surface area contributed by atoms with Crippen LogP contribution < -0.4 is 5.32 Å². The average Bonchev–Trinajstić information content (AvgIpc) is 2.39. The van der Waals surface area contributed by atoms with Gasteiger partial charge in [-0.1, -0.05) is 13.8 Å². The SMILES string of the molecule is CC(C)CC1CC(Nc2cnc(C(=O)O)cn2)CCO1. The number of nitrogens with zero attached hydrogens (tertiary/aromatic N) is 2. The lowest BCUT2D eigenvalue weighted by Gasteiger charge is -2.31. The number of hydrogen-bond donors (Lipinski definition) is 2. The minimum absolute atomic E-state index is 0.0415. The first-order chi connectivity index (χ1) is 9.54. The van der Waals surface area contributed by atoms with Gasteiger partial charge in [0.1, 0.15) is 5.82 Å². The Kier molecular flexibility index (Phi) is 4.89. The molecule has 2 rings (SSSR count). The molecule has 0 bridgehead atoms. The molecule has 6 heteroatoms. The molecular weight excluding hydrogens is 258 g/mol. The minimum atomic E-state index is -1.06. The standard InChI is InChI=1S/C14H21N3O3/c1-9(2)5-11-6-10(3-4-20-11)17-13-8-15-12(7-16-13)14(18)19/h7-11H,3-6H2,1-2H3,(H,16,17)(H,18,19). The molecule has 2 atom stereocenters. The maximum absolute atomic E-state index is 10.7. The molecular formula is C14H21N3O3. The number of nitrogens with one attached hydrogen (secondary N) is 1. The van der Waals surface area contributed by atoms with E-state index < -0.39 is 5.97 Å². The van der Waals surface area contributed by atoms with Crippen LogP contribution in [0.25, 0.3) is 0 Å². The largest absolute Gasteiger partial charge is 0.476 e. The van der Waals surface area contributed by atoms with Crippen LogP contribution in [0, 0.1) is 5.92 Å². The summed E-state index contributed by atoms with van der Waals surface area (Å²) in [6.07, 6.45) is 5.96. The number of rotatable bonds is 5. The average molecular weight is 279 g/mol. The van der Waals surface area contributed by atoms with Crippen LogP contribution >= 0.6 is 0 Å². The maximum atomic E-state index is 10.7. The fraction of sp³-hybridized carbons (Fsp3) is 0.643. The fourth-order valence-electron chi connectivity index (χ4n) is 2.42. The van der Waals surface area contributed by atoms with Crippen molar-refractivity contribution in [3.05, 3.63) is 18.1 Å². The monoisotopic (exact) mass is 279 g/mol. The van der Waals surface area contributed by atoms with Crippen molar-refractivity contribution in [3.63, 3.8) is 0 Å². The molecule has 0 aromatic carbocycles. The zero-order chi connectivity index (χ0) is 14.5. The smallest absolute Gasteiger partial charge is 0.356 e. The van der Waals surface area contributed by atoms with Gasteiger partial charge in [-0.2, -0.15) is 0 Å². The van der Waals surface area contributed by atoms with E-state index in [9.17, 15) is 4.79 Å². The van der Waals surface area contributed by atoms with Crippen LogP contribution in [0.4, 0.5) is 5.82 Å². The van der Waals surface area contributed by atoms with Crippen molar-refractivity contribution in [1.29, 1.82) is 0 Å². The van der Waals surface area contributed by atoms with Gasteiger partial charge in [-0.25, -0.2) is 14.8 Å². The van der Waals surface area contributed by atoms with Crippen LogP contribution in [-0.4, -0.2) is 39.8 Å². The third-order valence-corrected chi connectivity index (χ3v) is 3.32. The maximum Gasteiger partial charge on any atom is 0.356 e. The number of aromatic nitrogens is 2. The molecule has 0 saturated carbocycles. The number of carboxylic acid groups (broad SMARTS) is 1. The highest BCUT2D eigenvalue weighted by atomic mass is 16.5. The summed E-state index contributed by atoms with van der Waals surface area (Å²) in [7, 11) is 0. The molecule has 0 radical (unpaired) electrons. The van der Waals surface area contributed by atoms with Gasteiger partial charge in [-0.3, -0.25) is 0 Å². The molecule has 2 N–H and O–H groups in total. The van der Waals surface area contributed by atoms with Gasteiger partial charge in [-0.15, -0.1) is 0 Å². The molecule has 20 heavy (non-hydrogen) atoms. The van der Waals surface area contributed by atoms with Gasteiger partial charge in [0.25, 0.3) is 0 Å². The number of anilines is 1. The topological polar surface area (TPSA) is 84.3 Å². The fourth-order valence-corrected chi connectivity index (χ4v) is 2.42. The molecule has 1 aliphatic heterocycles. The Balaban J connectivity index is 1.90. The van der Waals surface area contributed by atoms with Crippen LogP contribution in [0.15, 0.2) is 12.4 Å². The van der Waals surface area contributed by atoms with Gasteiger partial charge in [0.2, 0.25) is 0 Å². The Hall–Kier alpha value is -1.69. The summed E-state index contributed by atoms with van der Waals surface area (Å²) in [4.78, 5) is 18.6. The van der Waals surface area contributed by atoms with Gasteiger partial charge < -0.3 is 15.2 Å². The van der Waals surface area contributed by atoms with Crippen molar-refractivity contribution in [2.75, 3.05) is 11.9 Å². The first-order valence-corrected chi connectivity index (χ1v) is 6.98. The van der Waals surface area contributed by atoms with E-state index in [1.807, 2.05) is 0 Å². The van der Waals surface area contributed by atoms with Crippen LogP contribution in [0.3, 0.4) is 0 Å². The lowest BCUT2D eigenvalue weighted by atomic mass is 9.96. The first-order valence-electron chi connectivity index (χ1n) is 6.98. The number of hydrogen-bond acceptors (Lipinski definition) is 5. The van der Waals surface area contributed by atoms with Crippen molar-refractivity contribution in [2.45, 2.75) is 45.3 Å². The van der Waals surface area contributed by atoms with Crippen molar-refractivity contribution >= 4 is 11.8 Å². The van der Waals surface area contributed by atoms with E-state index in [2.05, 4.69) is 29.1 Å². The number of aromatic carboxylic acids is 1. The highest BCUT2D eigenvalue weighted by Gasteiger charge is 2.23. The minimum Gasteiger partial charge on any atom is -0.476 e. The van der Waals surface area contributed by atoms with E-state index in [-0.39, 0.29) is 11.8 Å². The Bertz CT molecular complexity index is 447. The van der Waals surface area contributed by atoms with E-state index in [4.69, 9.17) is 9.84 Å². The summed E-state index contributed by atoms with van der Waals surface area (Å²) in [6, 6.07) is 0.303. The van der Waals surface area contributed by atoms with Crippen molar-refractivity contribution in [3.8, 4) is 0 Å². The zero-order valence-electron chi connectivity index (χ0n) is 11.9. The third-order valence-electron chi connectivity index (χ3n) is 3.32. The number of carbonyl (C=O) groups is 1. The zero-order valence-corrected chi connectivity index (χ0v) is 11.9. The normalized spacial score (nSPS) is 22.8. The van der Waals surface area contributed by atoms with Gasteiger partial charge in [0, 0.05) is 12.6 Å². The molecule has 1 fully saturated rings. The van der Waals surface area contributed by atoms with Gasteiger partial charge in [-0.05, 0) is 25.2 Å². The van der Waals surface area contributed by atoms with Crippen LogP contribution in [0.2, 0.25) is 0 Å². The van der Waals surface area contributed by atoms with Crippen molar-refractivity contribution in [1.82, 2.24) is 9.97 Å². The Morgan fingerprint density at radius 3 is 2.90 bits per heavy atom. The van der Waals surface area contributed by atoms with E-state index >= 15 is 0 Å². The Morgan fingerprint density at radius 1 is 1.50 bits per heavy atom.